The van der Waals surface area contributed by atoms with E-state index in [4.69, 9.17) is 4.74 Å². The number of methoxy groups -OCH3 is 1. The topological polar surface area (TPSA) is 50.1 Å². The van der Waals surface area contributed by atoms with E-state index < -0.39 is 5.92 Å². The van der Waals surface area contributed by atoms with Gasteiger partial charge >= 0.3 is 0 Å². The van der Waals surface area contributed by atoms with E-state index in [-0.39, 0.29) is 12.2 Å². The van der Waals surface area contributed by atoms with Crippen LogP contribution in [0.5, 0.6) is 5.75 Å². The van der Waals surface area contributed by atoms with Crippen molar-refractivity contribution in [3.05, 3.63) is 64.1 Å². The first-order valence-electron chi connectivity index (χ1n) is 6.46. The Morgan fingerprint density at radius 2 is 2.00 bits per heavy atom. The summed E-state index contributed by atoms with van der Waals surface area (Å²) in [5.74, 6) is 0.231. The molecule has 0 aliphatic heterocycles. The van der Waals surface area contributed by atoms with E-state index in [0.29, 0.717) is 5.56 Å². The predicted molar refractivity (Wildman–Crippen MR) is 84.4 cm³/mol. The Labute approximate surface area is 132 Å². The standard InChI is InChI=1S/C17H14BrNO2/c1-21-16-7-5-12(6-8-16)14(11-19)10-17(20)13-3-2-4-15(18)9-13/h2-9,14H,10H2,1H3/t14-/m1/s1. The molecule has 0 heterocycles. The molecule has 0 unspecified atom stereocenters. The van der Waals surface area contributed by atoms with E-state index in [1.807, 2.05) is 24.3 Å². The normalized spacial score (nSPS) is 11.5. The molecule has 1 atom stereocenters. The molecule has 0 saturated carbocycles. The van der Waals surface area contributed by atoms with Gasteiger partial charge in [-0.15, -0.1) is 0 Å². The molecule has 106 valence electrons. The minimum absolute atomic E-state index is 0.0429. The number of hydrogen-bond acceptors (Lipinski definition) is 3. The van der Waals surface area contributed by atoms with Gasteiger partial charge in [0.2, 0.25) is 0 Å². The third-order valence-corrected chi connectivity index (χ3v) is 3.70. The molecule has 2 aromatic carbocycles. The largest absolute Gasteiger partial charge is 0.497 e. The zero-order valence-corrected chi connectivity index (χ0v) is 13.1. The van der Waals surface area contributed by atoms with E-state index in [0.717, 1.165) is 15.8 Å². The van der Waals surface area contributed by atoms with Crippen molar-refractivity contribution < 1.29 is 9.53 Å². The van der Waals surface area contributed by atoms with E-state index in [1.165, 1.54) is 0 Å². The van der Waals surface area contributed by atoms with E-state index >= 15 is 0 Å². The van der Waals surface area contributed by atoms with Crippen LogP contribution in [0.2, 0.25) is 0 Å². The summed E-state index contributed by atoms with van der Waals surface area (Å²) < 4.78 is 5.94. The number of carbonyl (C=O) groups excluding carboxylic acids is 1. The summed E-state index contributed by atoms with van der Waals surface area (Å²) in [6.45, 7) is 0. The second kappa shape index (κ2) is 7.05. The molecule has 0 aliphatic rings. The molecule has 0 bridgehead atoms. The third kappa shape index (κ3) is 3.93. The fourth-order valence-corrected chi connectivity index (χ4v) is 2.44. The zero-order valence-electron chi connectivity index (χ0n) is 11.5. The number of ketones is 1. The molecule has 0 saturated heterocycles. The van der Waals surface area contributed by atoms with Crippen LogP contribution >= 0.6 is 15.9 Å². The van der Waals surface area contributed by atoms with Crippen LogP contribution in [0.15, 0.2) is 53.0 Å². The zero-order chi connectivity index (χ0) is 15.2. The Morgan fingerprint density at radius 1 is 1.29 bits per heavy atom. The van der Waals surface area contributed by atoms with Gasteiger partial charge in [0.15, 0.2) is 5.78 Å². The molecule has 0 N–H and O–H groups in total. The van der Waals surface area contributed by atoms with Gasteiger partial charge in [0.1, 0.15) is 5.75 Å². The number of carbonyl (C=O) groups is 1. The number of rotatable bonds is 5. The molecule has 0 aliphatic carbocycles. The van der Waals surface area contributed by atoms with Gasteiger partial charge in [-0.3, -0.25) is 4.79 Å². The molecule has 21 heavy (non-hydrogen) atoms. The Kier molecular flexibility index (Phi) is 5.13. The van der Waals surface area contributed by atoms with E-state index in [9.17, 15) is 10.1 Å². The lowest BCUT2D eigenvalue weighted by Gasteiger charge is -2.10. The highest BCUT2D eigenvalue weighted by Gasteiger charge is 2.17. The Hall–Kier alpha value is -2.12. The molecular weight excluding hydrogens is 330 g/mol. The number of nitrogens with zero attached hydrogens (tertiary/aromatic N) is 1. The summed E-state index contributed by atoms with van der Waals surface area (Å²) in [4.78, 5) is 12.3. The van der Waals surface area contributed by atoms with Crippen LogP contribution in [0.3, 0.4) is 0 Å². The first-order chi connectivity index (χ1) is 10.1. The van der Waals surface area contributed by atoms with Crippen molar-refractivity contribution in [2.24, 2.45) is 0 Å². The van der Waals surface area contributed by atoms with Gasteiger partial charge < -0.3 is 4.74 Å². The highest BCUT2D eigenvalue weighted by atomic mass is 79.9. The number of Topliss-reactive ketones (excluding diaryl/α,β-unsaturated/α-hetero) is 1. The summed E-state index contributed by atoms with van der Waals surface area (Å²) in [6.07, 6.45) is 0.166. The lowest BCUT2D eigenvalue weighted by Crippen LogP contribution is -2.06. The van der Waals surface area contributed by atoms with Crippen LogP contribution in [0.25, 0.3) is 0 Å². The summed E-state index contributed by atoms with van der Waals surface area (Å²) in [6, 6.07) is 16.6. The van der Waals surface area contributed by atoms with Gasteiger partial charge in [-0.1, -0.05) is 40.2 Å². The number of ether oxygens (including phenoxy) is 1. The van der Waals surface area contributed by atoms with Gasteiger partial charge in [0.05, 0.1) is 19.1 Å². The van der Waals surface area contributed by atoms with Crippen molar-refractivity contribution in [1.82, 2.24) is 0 Å². The van der Waals surface area contributed by atoms with Crippen LogP contribution < -0.4 is 4.74 Å². The monoisotopic (exact) mass is 343 g/mol. The minimum Gasteiger partial charge on any atom is -0.497 e. The second-order valence-corrected chi connectivity index (χ2v) is 5.51. The smallest absolute Gasteiger partial charge is 0.164 e. The van der Waals surface area contributed by atoms with E-state index in [1.54, 1.807) is 31.4 Å². The number of nitriles is 1. The first kappa shape index (κ1) is 15.3. The lowest BCUT2D eigenvalue weighted by molar-refractivity contribution is 0.0979. The summed E-state index contributed by atoms with van der Waals surface area (Å²) in [7, 11) is 1.59. The molecule has 2 aromatic rings. The number of hydrogen-bond donors (Lipinski definition) is 0. The Bertz CT molecular complexity index is 674. The van der Waals surface area contributed by atoms with Crippen molar-refractivity contribution in [1.29, 1.82) is 5.26 Å². The van der Waals surface area contributed by atoms with Crippen LogP contribution in [-0.2, 0) is 0 Å². The highest BCUT2D eigenvalue weighted by molar-refractivity contribution is 9.10. The number of benzene rings is 2. The van der Waals surface area contributed by atoms with Crippen LogP contribution in [0.4, 0.5) is 0 Å². The maximum Gasteiger partial charge on any atom is 0.164 e. The maximum absolute atomic E-state index is 12.3. The molecule has 4 heteroatoms. The van der Waals surface area contributed by atoms with Gasteiger partial charge in [0, 0.05) is 16.5 Å². The molecule has 0 fully saturated rings. The fourth-order valence-electron chi connectivity index (χ4n) is 2.04. The van der Waals surface area contributed by atoms with Crippen LogP contribution in [0, 0.1) is 11.3 Å². The lowest BCUT2D eigenvalue weighted by atomic mass is 9.93. The summed E-state index contributed by atoms with van der Waals surface area (Å²) in [5.41, 5.74) is 1.43. The predicted octanol–water partition coefficient (Wildman–Crippen LogP) is 4.34. The highest BCUT2D eigenvalue weighted by Crippen LogP contribution is 2.24. The van der Waals surface area contributed by atoms with Gasteiger partial charge in [-0.2, -0.15) is 5.26 Å². The molecule has 2 rings (SSSR count). The third-order valence-electron chi connectivity index (χ3n) is 3.21. The quantitative estimate of drug-likeness (QED) is 0.758. The van der Waals surface area contributed by atoms with Gasteiger partial charge in [-0.05, 0) is 29.8 Å². The van der Waals surface area contributed by atoms with Crippen molar-refractivity contribution in [2.45, 2.75) is 12.3 Å². The SMILES string of the molecule is COc1ccc([C@@H](C#N)CC(=O)c2cccc(Br)c2)cc1. The average molecular weight is 344 g/mol. The first-order valence-corrected chi connectivity index (χ1v) is 7.25. The molecular formula is C17H14BrNO2. The van der Waals surface area contributed by atoms with Crippen molar-refractivity contribution in [3.8, 4) is 11.8 Å². The second-order valence-electron chi connectivity index (χ2n) is 4.59. The molecule has 0 radical (unpaired) electrons. The molecule has 0 amide bonds. The van der Waals surface area contributed by atoms with Crippen molar-refractivity contribution >= 4 is 21.7 Å². The van der Waals surface area contributed by atoms with Crippen LogP contribution in [-0.4, -0.2) is 12.9 Å². The average Bonchev–Trinajstić information content (AvgIpc) is 2.52. The van der Waals surface area contributed by atoms with Gasteiger partial charge in [0.25, 0.3) is 0 Å². The number of halogens is 1. The molecule has 0 spiro atoms. The fraction of sp³-hybridized carbons (Fsp3) is 0.176. The van der Waals surface area contributed by atoms with Crippen molar-refractivity contribution in [2.75, 3.05) is 7.11 Å². The van der Waals surface area contributed by atoms with Crippen LogP contribution in [0.1, 0.15) is 28.3 Å². The maximum atomic E-state index is 12.3. The molecule has 3 nitrogen and oxygen atoms in total. The summed E-state index contributed by atoms with van der Waals surface area (Å²) in [5, 5.41) is 9.31. The van der Waals surface area contributed by atoms with E-state index in [2.05, 4.69) is 22.0 Å². The Morgan fingerprint density at radius 3 is 2.57 bits per heavy atom. The summed E-state index contributed by atoms with van der Waals surface area (Å²) >= 11 is 3.34. The van der Waals surface area contributed by atoms with Gasteiger partial charge in [-0.25, -0.2) is 0 Å². The Balaban J connectivity index is 2.15. The van der Waals surface area contributed by atoms with Crippen molar-refractivity contribution in [3.63, 3.8) is 0 Å². The minimum atomic E-state index is -0.456. The molecule has 0 aromatic heterocycles.